The Morgan fingerprint density at radius 1 is 1.38 bits per heavy atom. The first-order chi connectivity index (χ1) is 7.84. The van der Waals surface area contributed by atoms with Gasteiger partial charge in [-0.3, -0.25) is 10.1 Å². The zero-order valence-electron chi connectivity index (χ0n) is 9.06. The highest BCUT2D eigenvalue weighted by Crippen LogP contribution is 2.18. The quantitative estimate of drug-likeness (QED) is 0.833. The van der Waals surface area contributed by atoms with E-state index >= 15 is 0 Å². The van der Waals surface area contributed by atoms with Gasteiger partial charge in [-0.1, -0.05) is 0 Å². The molecule has 0 bridgehead atoms. The second-order valence-electron chi connectivity index (χ2n) is 3.88. The van der Waals surface area contributed by atoms with E-state index < -0.39 is 0 Å². The van der Waals surface area contributed by atoms with Gasteiger partial charge in [-0.2, -0.15) is 0 Å². The lowest BCUT2D eigenvalue weighted by atomic mass is 9.96. The molecule has 0 radical (unpaired) electrons. The van der Waals surface area contributed by atoms with E-state index in [1.165, 1.54) is 0 Å². The van der Waals surface area contributed by atoms with Crippen LogP contribution in [0.15, 0.2) is 18.5 Å². The van der Waals surface area contributed by atoms with Crippen LogP contribution in [0.5, 0.6) is 0 Å². The predicted molar refractivity (Wildman–Crippen MR) is 58.8 cm³/mol. The van der Waals surface area contributed by atoms with Crippen molar-refractivity contribution in [3.05, 3.63) is 18.5 Å². The van der Waals surface area contributed by atoms with Crippen LogP contribution in [-0.4, -0.2) is 29.1 Å². The average molecular weight is 221 g/mol. The number of amides is 1. The second kappa shape index (κ2) is 5.55. The maximum atomic E-state index is 11.6. The summed E-state index contributed by atoms with van der Waals surface area (Å²) >= 11 is 0. The van der Waals surface area contributed by atoms with E-state index in [1.807, 2.05) is 0 Å². The molecule has 0 aromatic carbocycles. The molecule has 16 heavy (non-hydrogen) atoms. The summed E-state index contributed by atoms with van der Waals surface area (Å²) < 4.78 is 5.24. The Labute approximate surface area is 94.2 Å². The summed E-state index contributed by atoms with van der Waals surface area (Å²) in [5.74, 6) is 0.787. The summed E-state index contributed by atoms with van der Waals surface area (Å²) in [6, 6.07) is 1.72. The van der Waals surface area contributed by atoms with Crippen LogP contribution in [0.4, 0.5) is 5.95 Å². The molecule has 5 heteroatoms. The summed E-state index contributed by atoms with van der Waals surface area (Å²) in [5.41, 5.74) is 0. The number of anilines is 1. The molecular formula is C11H15N3O2. The number of nitrogens with one attached hydrogen (secondary N) is 1. The number of nitrogens with zero attached hydrogens (tertiary/aromatic N) is 2. The van der Waals surface area contributed by atoms with E-state index in [1.54, 1.807) is 18.5 Å². The first kappa shape index (κ1) is 11.0. The van der Waals surface area contributed by atoms with Gasteiger partial charge in [-0.25, -0.2) is 9.97 Å². The Bertz CT molecular complexity index is 336. The van der Waals surface area contributed by atoms with Crippen molar-refractivity contribution in [3.8, 4) is 0 Å². The minimum atomic E-state index is -0.0156. The van der Waals surface area contributed by atoms with Crippen molar-refractivity contribution in [1.29, 1.82) is 0 Å². The van der Waals surface area contributed by atoms with E-state index in [4.69, 9.17) is 4.74 Å². The molecule has 86 valence electrons. The Morgan fingerprint density at radius 3 is 2.75 bits per heavy atom. The zero-order valence-corrected chi connectivity index (χ0v) is 9.06. The molecule has 1 aliphatic rings. The van der Waals surface area contributed by atoms with Gasteiger partial charge in [-0.15, -0.1) is 0 Å². The highest BCUT2D eigenvalue weighted by atomic mass is 16.5. The van der Waals surface area contributed by atoms with Crippen molar-refractivity contribution in [1.82, 2.24) is 9.97 Å². The Kier molecular flexibility index (Phi) is 3.82. The molecular weight excluding hydrogens is 206 g/mol. The fraction of sp³-hybridized carbons (Fsp3) is 0.545. The number of carbonyl (C=O) groups is 1. The van der Waals surface area contributed by atoms with Crippen LogP contribution in [0.25, 0.3) is 0 Å². The third kappa shape index (κ3) is 3.27. The van der Waals surface area contributed by atoms with Crippen LogP contribution in [0, 0.1) is 5.92 Å². The van der Waals surface area contributed by atoms with E-state index in [0.29, 0.717) is 18.3 Å². The van der Waals surface area contributed by atoms with E-state index in [2.05, 4.69) is 15.3 Å². The summed E-state index contributed by atoms with van der Waals surface area (Å²) in [5, 5.41) is 2.69. The van der Waals surface area contributed by atoms with Crippen molar-refractivity contribution < 1.29 is 9.53 Å². The monoisotopic (exact) mass is 221 g/mol. The molecule has 0 spiro atoms. The first-order valence-electron chi connectivity index (χ1n) is 5.49. The van der Waals surface area contributed by atoms with Crippen LogP contribution in [-0.2, 0) is 9.53 Å². The van der Waals surface area contributed by atoms with Crippen molar-refractivity contribution in [2.45, 2.75) is 19.3 Å². The largest absolute Gasteiger partial charge is 0.381 e. The molecule has 0 saturated carbocycles. The van der Waals surface area contributed by atoms with Gasteiger partial charge in [-0.05, 0) is 24.8 Å². The van der Waals surface area contributed by atoms with Crippen molar-refractivity contribution in [2.75, 3.05) is 18.5 Å². The van der Waals surface area contributed by atoms with Crippen molar-refractivity contribution >= 4 is 11.9 Å². The molecule has 2 heterocycles. The number of carbonyl (C=O) groups excluding carboxylic acids is 1. The van der Waals surface area contributed by atoms with Gasteiger partial charge in [0.1, 0.15) is 0 Å². The van der Waals surface area contributed by atoms with Gasteiger partial charge in [0, 0.05) is 32.0 Å². The lowest BCUT2D eigenvalue weighted by Gasteiger charge is -2.21. The predicted octanol–water partition coefficient (Wildman–Crippen LogP) is 1.23. The van der Waals surface area contributed by atoms with E-state index in [9.17, 15) is 4.79 Å². The standard InChI is InChI=1S/C11H15N3O2/c15-10(8-9-2-6-16-7-3-9)14-11-12-4-1-5-13-11/h1,4-5,9H,2-3,6-8H2,(H,12,13,14,15). The van der Waals surface area contributed by atoms with Gasteiger partial charge >= 0.3 is 0 Å². The molecule has 1 aromatic heterocycles. The Balaban J connectivity index is 1.80. The maximum Gasteiger partial charge on any atom is 0.229 e. The van der Waals surface area contributed by atoms with Gasteiger partial charge in [0.05, 0.1) is 0 Å². The van der Waals surface area contributed by atoms with Gasteiger partial charge < -0.3 is 4.74 Å². The SMILES string of the molecule is O=C(CC1CCOCC1)Nc1ncccn1. The molecule has 1 aliphatic heterocycles. The number of hydrogen-bond acceptors (Lipinski definition) is 4. The molecule has 1 saturated heterocycles. The van der Waals surface area contributed by atoms with Crippen molar-refractivity contribution in [3.63, 3.8) is 0 Å². The van der Waals surface area contributed by atoms with Crippen LogP contribution < -0.4 is 5.32 Å². The number of aromatic nitrogens is 2. The van der Waals surface area contributed by atoms with Crippen LogP contribution in [0.1, 0.15) is 19.3 Å². The van der Waals surface area contributed by atoms with Crippen LogP contribution >= 0.6 is 0 Å². The molecule has 1 aromatic rings. The minimum Gasteiger partial charge on any atom is -0.381 e. The summed E-state index contributed by atoms with van der Waals surface area (Å²) in [6.45, 7) is 1.53. The maximum absolute atomic E-state index is 11.6. The molecule has 0 atom stereocenters. The van der Waals surface area contributed by atoms with Crippen LogP contribution in [0.2, 0.25) is 0 Å². The highest BCUT2D eigenvalue weighted by molar-refractivity contribution is 5.88. The topological polar surface area (TPSA) is 64.1 Å². The minimum absolute atomic E-state index is 0.0156. The van der Waals surface area contributed by atoms with Crippen LogP contribution in [0.3, 0.4) is 0 Å². The molecule has 0 unspecified atom stereocenters. The normalized spacial score (nSPS) is 17.0. The molecule has 1 amide bonds. The number of hydrogen-bond donors (Lipinski definition) is 1. The van der Waals surface area contributed by atoms with Gasteiger partial charge in [0.2, 0.25) is 11.9 Å². The molecule has 5 nitrogen and oxygen atoms in total. The van der Waals surface area contributed by atoms with E-state index in [0.717, 1.165) is 26.1 Å². The fourth-order valence-electron chi connectivity index (χ4n) is 1.75. The smallest absolute Gasteiger partial charge is 0.229 e. The highest BCUT2D eigenvalue weighted by Gasteiger charge is 2.17. The lowest BCUT2D eigenvalue weighted by molar-refractivity contribution is -0.117. The van der Waals surface area contributed by atoms with E-state index in [-0.39, 0.29) is 5.91 Å². The third-order valence-electron chi connectivity index (χ3n) is 2.63. The Hall–Kier alpha value is -1.49. The lowest BCUT2D eigenvalue weighted by Crippen LogP contribution is -2.22. The number of ether oxygens (including phenoxy) is 1. The molecule has 1 N–H and O–H groups in total. The number of rotatable bonds is 3. The van der Waals surface area contributed by atoms with Gasteiger partial charge in [0.25, 0.3) is 0 Å². The van der Waals surface area contributed by atoms with Gasteiger partial charge in [0.15, 0.2) is 0 Å². The summed E-state index contributed by atoms with van der Waals surface area (Å²) in [4.78, 5) is 19.5. The third-order valence-corrected chi connectivity index (χ3v) is 2.63. The second-order valence-corrected chi connectivity index (χ2v) is 3.88. The molecule has 2 rings (SSSR count). The first-order valence-corrected chi connectivity index (χ1v) is 5.49. The van der Waals surface area contributed by atoms with Crippen molar-refractivity contribution in [2.24, 2.45) is 5.92 Å². The average Bonchev–Trinajstić information content (AvgIpc) is 2.31. The molecule has 0 aliphatic carbocycles. The summed E-state index contributed by atoms with van der Waals surface area (Å²) in [6.07, 6.45) is 5.67. The molecule has 1 fully saturated rings. The zero-order chi connectivity index (χ0) is 11.2. The Morgan fingerprint density at radius 2 is 2.06 bits per heavy atom. The fourth-order valence-corrected chi connectivity index (χ4v) is 1.75. The summed E-state index contributed by atoms with van der Waals surface area (Å²) in [7, 11) is 0.